The average molecular weight is 510 g/mol. The van der Waals surface area contributed by atoms with Gasteiger partial charge in [0.2, 0.25) is 11.8 Å². The number of nitrogens with zero attached hydrogens (tertiary/aromatic N) is 4. The summed E-state index contributed by atoms with van der Waals surface area (Å²) in [7, 11) is 0. The number of ketones is 1. The van der Waals surface area contributed by atoms with Crippen molar-refractivity contribution in [3.63, 3.8) is 0 Å². The number of carbonyl (C=O) groups excluding carboxylic acids is 3. The summed E-state index contributed by atoms with van der Waals surface area (Å²) >= 11 is 5.89. The SMILES string of the molecule is CC(=O)c1nc(CC(=O)N2CC(C)C[C@H]2C(=O)N[C@H](CC#N)c2cccc(Cl)c2F)n2ccccc12. The number of hydrogen-bond donors (Lipinski definition) is 1. The molecule has 8 nitrogen and oxygen atoms in total. The number of likely N-dealkylation sites (tertiary alicyclic amines) is 1. The monoisotopic (exact) mass is 509 g/mol. The minimum absolute atomic E-state index is 0.0619. The second-order valence-corrected chi connectivity index (χ2v) is 9.44. The van der Waals surface area contributed by atoms with Gasteiger partial charge in [-0.25, -0.2) is 9.37 Å². The van der Waals surface area contributed by atoms with Gasteiger partial charge in [-0.15, -0.1) is 0 Å². The van der Waals surface area contributed by atoms with Gasteiger partial charge in [0, 0.05) is 25.2 Å². The standard InChI is InChI=1S/C26H25ClFN5O3/c1-15-12-21(26(36)30-19(9-10-29)17-6-5-7-18(27)24(17)28)33(14-15)23(35)13-22-31-25(16(2)34)20-8-3-4-11-32(20)22/h3-8,11,15,19,21H,9,12-14H2,1-2H3,(H,30,36)/t15?,19-,21+/m1/s1. The van der Waals surface area contributed by atoms with E-state index in [2.05, 4.69) is 10.3 Å². The number of hydrogen-bond acceptors (Lipinski definition) is 5. The normalized spacial score (nSPS) is 18.1. The fourth-order valence-corrected chi connectivity index (χ4v) is 4.86. The summed E-state index contributed by atoms with van der Waals surface area (Å²) in [6, 6.07) is 10.0. The number of Topliss-reactive ketones (excluding diaryl/α,β-unsaturated/α-hetero) is 1. The third-order valence-corrected chi connectivity index (χ3v) is 6.66. The number of amides is 2. The molecule has 1 N–H and O–H groups in total. The largest absolute Gasteiger partial charge is 0.346 e. The lowest BCUT2D eigenvalue weighted by Gasteiger charge is -2.26. The number of halogens is 2. The van der Waals surface area contributed by atoms with Crippen molar-refractivity contribution in [2.24, 2.45) is 5.92 Å². The molecule has 0 spiro atoms. The van der Waals surface area contributed by atoms with E-state index >= 15 is 0 Å². The Kier molecular flexibility index (Phi) is 7.36. The summed E-state index contributed by atoms with van der Waals surface area (Å²) in [5.74, 6) is -1.21. The Bertz CT molecular complexity index is 1380. The molecular weight excluding hydrogens is 485 g/mol. The van der Waals surface area contributed by atoms with Crippen molar-refractivity contribution in [2.45, 2.75) is 45.2 Å². The molecule has 0 saturated carbocycles. The van der Waals surface area contributed by atoms with Crippen LogP contribution < -0.4 is 5.32 Å². The van der Waals surface area contributed by atoms with E-state index in [9.17, 15) is 24.0 Å². The van der Waals surface area contributed by atoms with Crippen molar-refractivity contribution in [3.05, 3.63) is 70.5 Å². The molecule has 4 rings (SSSR count). The zero-order chi connectivity index (χ0) is 26.0. The maximum atomic E-state index is 14.6. The fourth-order valence-electron chi connectivity index (χ4n) is 4.68. The van der Waals surface area contributed by atoms with E-state index in [0.29, 0.717) is 24.3 Å². The first-order valence-electron chi connectivity index (χ1n) is 11.6. The van der Waals surface area contributed by atoms with E-state index in [1.165, 1.54) is 24.0 Å². The average Bonchev–Trinajstić information content (AvgIpc) is 3.42. The number of nitrogens with one attached hydrogen (secondary N) is 1. The van der Waals surface area contributed by atoms with E-state index < -0.39 is 23.8 Å². The smallest absolute Gasteiger partial charge is 0.243 e. The van der Waals surface area contributed by atoms with Crippen LogP contribution in [0.2, 0.25) is 5.02 Å². The first kappa shape index (κ1) is 25.3. The van der Waals surface area contributed by atoms with Crippen molar-refractivity contribution in [1.29, 1.82) is 5.26 Å². The molecule has 186 valence electrons. The maximum absolute atomic E-state index is 14.6. The zero-order valence-corrected chi connectivity index (χ0v) is 20.6. The number of imidazole rings is 1. The number of aromatic nitrogens is 2. The Morgan fingerprint density at radius 1 is 1.28 bits per heavy atom. The number of benzene rings is 1. The van der Waals surface area contributed by atoms with Gasteiger partial charge in [0.05, 0.1) is 35.5 Å². The quantitative estimate of drug-likeness (QED) is 0.486. The molecule has 1 aliphatic rings. The van der Waals surface area contributed by atoms with Crippen LogP contribution in [0.1, 0.15) is 54.6 Å². The first-order valence-corrected chi connectivity index (χ1v) is 12.0. The Hall–Kier alpha value is -3.77. The van der Waals surface area contributed by atoms with E-state index in [0.717, 1.165) is 0 Å². The van der Waals surface area contributed by atoms with Crippen LogP contribution in [0.15, 0.2) is 42.6 Å². The van der Waals surface area contributed by atoms with E-state index in [1.807, 2.05) is 13.0 Å². The molecular formula is C26H25ClFN5O3. The lowest BCUT2D eigenvalue weighted by Crippen LogP contribution is -2.47. The molecule has 1 saturated heterocycles. The maximum Gasteiger partial charge on any atom is 0.243 e. The molecule has 10 heteroatoms. The summed E-state index contributed by atoms with van der Waals surface area (Å²) in [6.07, 6.45) is 1.91. The van der Waals surface area contributed by atoms with Crippen LogP contribution in [0, 0.1) is 23.1 Å². The summed E-state index contributed by atoms with van der Waals surface area (Å²) in [5.41, 5.74) is 1.01. The number of carbonyl (C=O) groups is 3. The van der Waals surface area contributed by atoms with Crippen LogP contribution in [0.3, 0.4) is 0 Å². The minimum Gasteiger partial charge on any atom is -0.346 e. The molecule has 36 heavy (non-hydrogen) atoms. The van der Waals surface area contributed by atoms with Gasteiger partial charge in [0.25, 0.3) is 0 Å². The van der Waals surface area contributed by atoms with Crippen molar-refractivity contribution in [1.82, 2.24) is 19.6 Å². The third-order valence-electron chi connectivity index (χ3n) is 6.37. The van der Waals surface area contributed by atoms with E-state index in [1.54, 1.807) is 34.9 Å². The van der Waals surface area contributed by atoms with E-state index in [-0.39, 0.29) is 46.7 Å². The molecule has 2 amide bonds. The van der Waals surface area contributed by atoms with Crippen molar-refractivity contribution >= 4 is 34.7 Å². The number of pyridine rings is 1. The Morgan fingerprint density at radius 3 is 2.78 bits per heavy atom. The van der Waals surface area contributed by atoms with Crippen molar-refractivity contribution in [3.8, 4) is 6.07 Å². The zero-order valence-electron chi connectivity index (χ0n) is 19.9. The van der Waals surface area contributed by atoms with Crippen LogP contribution in [0.25, 0.3) is 5.52 Å². The summed E-state index contributed by atoms with van der Waals surface area (Å²) in [5, 5.41) is 11.9. The minimum atomic E-state index is -0.913. The molecule has 0 aliphatic carbocycles. The highest BCUT2D eigenvalue weighted by atomic mass is 35.5. The van der Waals surface area contributed by atoms with Crippen molar-refractivity contribution in [2.75, 3.05) is 6.54 Å². The van der Waals surface area contributed by atoms with Gasteiger partial charge in [-0.05, 0) is 30.5 Å². The lowest BCUT2D eigenvalue weighted by molar-refractivity contribution is -0.138. The van der Waals surface area contributed by atoms with Gasteiger partial charge >= 0.3 is 0 Å². The molecule has 3 atom stereocenters. The molecule has 1 aliphatic heterocycles. The number of nitriles is 1. The van der Waals surface area contributed by atoms with Crippen LogP contribution in [0.4, 0.5) is 4.39 Å². The van der Waals surface area contributed by atoms with Gasteiger partial charge in [-0.1, -0.05) is 36.7 Å². The Balaban J connectivity index is 1.56. The predicted molar refractivity (Wildman–Crippen MR) is 131 cm³/mol. The molecule has 0 bridgehead atoms. The number of fused-ring (bicyclic) bond motifs is 1. The van der Waals surface area contributed by atoms with Crippen molar-refractivity contribution < 1.29 is 18.8 Å². The van der Waals surface area contributed by atoms with Crippen LogP contribution in [0.5, 0.6) is 0 Å². The van der Waals surface area contributed by atoms with Gasteiger partial charge in [-0.3, -0.25) is 14.4 Å². The molecule has 1 fully saturated rings. The van der Waals surface area contributed by atoms with Crippen LogP contribution in [-0.2, 0) is 16.0 Å². The third kappa shape index (κ3) is 4.95. The second-order valence-electron chi connectivity index (χ2n) is 9.03. The molecule has 3 heterocycles. The fraction of sp³-hybridized carbons (Fsp3) is 0.346. The van der Waals surface area contributed by atoms with E-state index in [4.69, 9.17) is 11.6 Å². The molecule has 1 unspecified atom stereocenters. The van der Waals surface area contributed by atoms with Crippen LogP contribution in [-0.4, -0.2) is 44.5 Å². The van der Waals surface area contributed by atoms with Gasteiger partial charge in [0.1, 0.15) is 23.4 Å². The highest BCUT2D eigenvalue weighted by Gasteiger charge is 2.39. The highest BCUT2D eigenvalue weighted by Crippen LogP contribution is 2.28. The van der Waals surface area contributed by atoms with Gasteiger partial charge < -0.3 is 14.6 Å². The molecule has 2 aromatic heterocycles. The first-order chi connectivity index (χ1) is 17.2. The topological polar surface area (TPSA) is 108 Å². The molecule has 1 aromatic carbocycles. The van der Waals surface area contributed by atoms with Gasteiger partial charge in [-0.2, -0.15) is 5.26 Å². The molecule has 3 aromatic rings. The Labute approximate surface area is 212 Å². The van der Waals surface area contributed by atoms with Gasteiger partial charge in [0.15, 0.2) is 5.78 Å². The summed E-state index contributed by atoms with van der Waals surface area (Å²) in [4.78, 5) is 44.6. The summed E-state index contributed by atoms with van der Waals surface area (Å²) < 4.78 is 16.3. The highest BCUT2D eigenvalue weighted by molar-refractivity contribution is 6.30. The Morgan fingerprint density at radius 2 is 2.06 bits per heavy atom. The molecule has 0 radical (unpaired) electrons. The number of rotatable bonds is 7. The second kappa shape index (κ2) is 10.5. The predicted octanol–water partition coefficient (Wildman–Crippen LogP) is 3.88. The lowest BCUT2D eigenvalue weighted by atomic mass is 10.0. The summed E-state index contributed by atoms with van der Waals surface area (Å²) in [6.45, 7) is 3.73. The van der Waals surface area contributed by atoms with Crippen LogP contribution >= 0.6 is 11.6 Å².